The average Bonchev–Trinajstić information content (AvgIpc) is 3.17. The van der Waals surface area contributed by atoms with Crippen molar-refractivity contribution in [3.8, 4) is 5.75 Å². The van der Waals surface area contributed by atoms with Crippen molar-refractivity contribution >= 4 is 40.2 Å². The van der Waals surface area contributed by atoms with Gasteiger partial charge < -0.3 is 19.5 Å². The second kappa shape index (κ2) is 10.8. The maximum atomic E-state index is 12.9. The van der Waals surface area contributed by atoms with Crippen LogP contribution in [0.5, 0.6) is 5.75 Å². The molecule has 4 rings (SSSR count). The first kappa shape index (κ1) is 23.2. The number of amides is 2. The molecule has 0 radical (unpaired) electrons. The Kier molecular flexibility index (Phi) is 7.60. The number of fused-ring (bicyclic) bond motifs is 1. The van der Waals surface area contributed by atoms with E-state index in [9.17, 15) is 9.59 Å². The summed E-state index contributed by atoms with van der Waals surface area (Å²) in [4.78, 5) is 28.5. The third-order valence-electron chi connectivity index (χ3n) is 6.01. The predicted molar refractivity (Wildman–Crippen MR) is 134 cm³/mol. The van der Waals surface area contributed by atoms with Gasteiger partial charge in [0.15, 0.2) is 0 Å². The fourth-order valence-corrected chi connectivity index (χ4v) is 5.03. The molecule has 1 N–H and O–H groups in total. The molecule has 2 amide bonds. The molecule has 174 valence electrons. The van der Waals surface area contributed by atoms with E-state index in [-0.39, 0.29) is 17.6 Å². The number of nitrogens with zero attached hydrogens (tertiary/aromatic N) is 2. The highest BCUT2D eigenvalue weighted by molar-refractivity contribution is 8.00. The van der Waals surface area contributed by atoms with E-state index in [0.717, 1.165) is 41.7 Å². The molecule has 0 atom stereocenters. The number of aromatic nitrogens is 1. The van der Waals surface area contributed by atoms with Crippen molar-refractivity contribution in [1.82, 2.24) is 9.47 Å². The van der Waals surface area contributed by atoms with Gasteiger partial charge in [0.25, 0.3) is 0 Å². The lowest BCUT2D eigenvalue weighted by atomic mass is 9.99. The van der Waals surface area contributed by atoms with Crippen LogP contribution in [-0.2, 0) is 16.1 Å². The van der Waals surface area contributed by atoms with Crippen LogP contribution in [0.4, 0.5) is 5.69 Å². The van der Waals surface area contributed by atoms with Crippen molar-refractivity contribution in [2.24, 2.45) is 5.92 Å². The molecule has 3 aromatic rings. The van der Waals surface area contributed by atoms with Crippen LogP contribution in [0.15, 0.2) is 59.6 Å². The molecule has 2 heterocycles. The van der Waals surface area contributed by atoms with Crippen molar-refractivity contribution in [3.05, 3.63) is 54.7 Å². The van der Waals surface area contributed by atoms with Crippen molar-refractivity contribution in [1.29, 1.82) is 0 Å². The Morgan fingerprint density at radius 2 is 1.82 bits per heavy atom. The number of carbonyl (C=O) groups excluding carboxylic acids is 2. The smallest absolute Gasteiger partial charge is 0.242 e. The second-order valence-corrected chi connectivity index (χ2v) is 9.48. The molecule has 1 aliphatic heterocycles. The van der Waals surface area contributed by atoms with Crippen molar-refractivity contribution in [2.75, 3.05) is 30.8 Å². The third kappa shape index (κ3) is 5.71. The van der Waals surface area contributed by atoms with E-state index in [2.05, 4.69) is 12.2 Å². The highest BCUT2D eigenvalue weighted by atomic mass is 32.2. The zero-order valence-corrected chi connectivity index (χ0v) is 20.1. The van der Waals surface area contributed by atoms with Gasteiger partial charge in [-0.25, -0.2) is 0 Å². The molecule has 1 fully saturated rings. The van der Waals surface area contributed by atoms with Crippen LogP contribution in [0.2, 0.25) is 0 Å². The van der Waals surface area contributed by atoms with Gasteiger partial charge in [-0.3, -0.25) is 9.59 Å². The van der Waals surface area contributed by atoms with E-state index in [4.69, 9.17) is 4.74 Å². The summed E-state index contributed by atoms with van der Waals surface area (Å²) in [6.45, 7) is 6.70. The van der Waals surface area contributed by atoms with E-state index < -0.39 is 0 Å². The molecular formula is C26H31N3O3S. The number of thioether (sulfide) groups is 1. The normalized spacial score (nSPS) is 14.4. The molecule has 1 aromatic heterocycles. The SMILES string of the molecule is CCOc1ccccc1NC(=O)CSc1cn(CC(=O)N2CCC(C)CC2)c2ccccc12. The number of hydrogen-bond acceptors (Lipinski definition) is 4. The summed E-state index contributed by atoms with van der Waals surface area (Å²) in [6.07, 6.45) is 4.14. The molecule has 0 saturated carbocycles. The number of ether oxygens (including phenoxy) is 1. The zero-order valence-electron chi connectivity index (χ0n) is 19.3. The fourth-order valence-electron chi connectivity index (χ4n) is 4.14. The minimum absolute atomic E-state index is 0.0949. The minimum atomic E-state index is -0.0949. The monoisotopic (exact) mass is 465 g/mol. The van der Waals surface area contributed by atoms with E-state index >= 15 is 0 Å². The fraction of sp³-hybridized carbons (Fsp3) is 0.385. The topological polar surface area (TPSA) is 63.6 Å². The molecular weight excluding hydrogens is 434 g/mol. The standard InChI is InChI=1S/C26H31N3O3S/c1-3-32-23-11-7-5-9-21(23)27-25(30)18-33-24-16-29(22-10-6-4-8-20(22)24)17-26(31)28-14-12-19(2)13-15-28/h4-11,16,19H,3,12-15,17-18H2,1-2H3,(H,27,30). The van der Waals surface area contributed by atoms with Gasteiger partial charge in [-0.15, -0.1) is 11.8 Å². The first-order valence-corrected chi connectivity index (χ1v) is 12.5. The third-order valence-corrected chi connectivity index (χ3v) is 7.06. The van der Waals surface area contributed by atoms with Gasteiger partial charge in [-0.2, -0.15) is 0 Å². The van der Waals surface area contributed by atoms with Crippen LogP contribution >= 0.6 is 11.8 Å². The summed E-state index contributed by atoms with van der Waals surface area (Å²) < 4.78 is 7.61. The molecule has 33 heavy (non-hydrogen) atoms. The summed E-state index contributed by atoms with van der Waals surface area (Å²) in [5.41, 5.74) is 1.69. The lowest BCUT2D eigenvalue weighted by Gasteiger charge is -2.30. The summed E-state index contributed by atoms with van der Waals surface area (Å²) in [7, 11) is 0. The highest BCUT2D eigenvalue weighted by Crippen LogP contribution is 2.31. The lowest BCUT2D eigenvalue weighted by Crippen LogP contribution is -2.39. The zero-order chi connectivity index (χ0) is 23.2. The maximum absolute atomic E-state index is 12.9. The number of piperidine rings is 1. The van der Waals surface area contributed by atoms with E-state index in [1.165, 1.54) is 11.8 Å². The molecule has 6 nitrogen and oxygen atoms in total. The van der Waals surface area contributed by atoms with Crippen LogP contribution in [0.3, 0.4) is 0 Å². The van der Waals surface area contributed by atoms with E-state index in [1.807, 2.05) is 71.1 Å². The number of hydrogen-bond donors (Lipinski definition) is 1. The van der Waals surface area contributed by atoms with Crippen molar-refractivity contribution < 1.29 is 14.3 Å². The molecule has 0 spiro atoms. The van der Waals surface area contributed by atoms with Crippen LogP contribution in [-0.4, -0.2) is 46.7 Å². The average molecular weight is 466 g/mol. The number of para-hydroxylation sites is 3. The Labute approximate surface area is 199 Å². The number of anilines is 1. The van der Waals surface area contributed by atoms with Crippen molar-refractivity contribution in [3.63, 3.8) is 0 Å². The van der Waals surface area contributed by atoms with Gasteiger partial charge in [0.05, 0.1) is 18.0 Å². The molecule has 0 unspecified atom stereocenters. The largest absolute Gasteiger partial charge is 0.492 e. The number of rotatable bonds is 8. The Morgan fingerprint density at radius 3 is 2.61 bits per heavy atom. The summed E-state index contributed by atoms with van der Waals surface area (Å²) in [6, 6.07) is 15.5. The van der Waals surface area contributed by atoms with Gasteiger partial charge in [-0.1, -0.05) is 37.3 Å². The number of nitrogens with one attached hydrogen (secondary N) is 1. The summed E-state index contributed by atoms with van der Waals surface area (Å²) in [5.74, 6) is 1.69. The van der Waals surface area contributed by atoms with Crippen LogP contribution < -0.4 is 10.1 Å². The molecule has 1 saturated heterocycles. The molecule has 2 aromatic carbocycles. The van der Waals surface area contributed by atoms with Crippen molar-refractivity contribution in [2.45, 2.75) is 38.1 Å². The first-order valence-electron chi connectivity index (χ1n) is 11.5. The molecule has 7 heteroatoms. The van der Waals surface area contributed by atoms with Gasteiger partial charge in [0, 0.05) is 35.1 Å². The van der Waals surface area contributed by atoms with Crippen LogP contribution in [0.1, 0.15) is 26.7 Å². The Balaban J connectivity index is 1.43. The highest BCUT2D eigenvalue weighted by Gasteiger charge is 2.21. The Morgan fingerprint density at radius 1 is 1.09 bits per heavy atom. The van der Waals surface area contributed by atoms with E-state index in [0.29, 0.717) is 30.5 Å². The number of benzene rings is 2. The maximum Gasteiger partial charge on any atom is 0.242 e. The second-order valence-electron chi connectivity index (χ2n) is 8.47. The van der Waals surface area contributed by atoms with Gasteiger partial charge in [0.1, 0.15) is 12.3 Å². The van der Waals surface area contributed by atoms with Gasteiger partial charge >= 0.3 is 0 Å². The number of carbonyl (C=O) groups is 2. The number of likely N-dealkylation sites (tertiary alicyclic amines) is 1. The quantitative estimate of drug-likeness (QED) is 0.474. The Bertz CT molecular complexity index is 1120. The van der Waals surface area contributed by atoms with Gasteiger partial charge in [-0.05, 0) is 43.9 Å². The lowest BCUT2D eigenvalue weighted by molar-refractivity contribution is -0.133. The molecule has 1 aliphatic rings. The van der Waals surface area contributed by atoms with Crippen LogP contribution in [0, 0.1) is 5.92 Å². The summed E-state index contributed by atoms with van der Waals surface area (Å²) >= 11 is 1.48. The summed E-state index contributed by atoms with van der Waals surface area (Å²) in [5, 5.41) is 4.01. The van der Waals surface area contributed by atoms with E-state index in [1.54, 1.807) is 0 Å². The predicted octanol–water partition coefficient (Wildman–Crippen LogP) is 5.03. The molecule has 0 aliphatic carbocycles. The Hall–Kier alpha value is -2.93. The first-order chi connectivity index (χ1) is 16.0. The minimum Gasteiger partial charge on any atom is -0.492 e. The van der Waals surface area contributed by atoms with Gasteiger partial charge in [0.2, 0.25) is 11.8 Å². The molecule has 0 bridgehead atoms. The van der Waals surface area contributed by atoms with Crippen LogP contribution in [0.25, 0.3) is 10.9 Å².